The van der Waals surface area contributed by atoms with Crippen molar-refractivity contribution in [3.8, 4) is 0 Å². The Hall–Kier alpha value is -3.32. The summed E-state index contributed by atoms with van der Waals surface area (Å²) in [5.74, 6) is 1.46. The Bertz CT molecular complexity index is 1390. The van der Waals surface area contributed by atoms with E-state index in [2.05, 4.69) is 108 Å². The molecule has 3 saturated carbocycles. The normalized spacial score (nSPS) is 19.8. The maximum atomic E-state index is 2.49. The topological polar surface area (TPSA) is 3.24 Å². The molecular weight excluding hydrogens is 542 g/mol. The zero-order valence-corrected chi connectivity index (χ0v) is 27.4. The number of nitrogens with zero attached hydrogens (tertiary/aromatic N) is 1. The van der Waals surface area contributed by atoms with Gasteiger partial charge in [0.2, 0.25) is 0 Å². The molecule has 1 heteroatoms. The Morgan fingerprint density at radius 3 is 1.22 bits per heavy atom. The minimum absolute atomic E-state index is 0.105. The van der Waals surface area contributed by atoms with Crippen LogP contribution in [0.4, 0.5) is 17.1 Å². The first-order valence-electron chi connectivity index (χ1n) is 18.5. The Kier molecular flexibility index (Phi) is 9.71. The number of benzene rings is 4. The third kappa shape index (κ3) is 6.79. The zero-order valence-electron chi connectivity index (χ0n) is 27.4. The Morgan fingerprint density at radius 1 is 0.378 bits per heavy atom. The fourth-order valence-corrected chi connectivity index (χ4v) is 9.05. The summed E-state index contributed by atoms with van der Waals surface area (Å²) in [6.07, 6.45) is 22.9. The van der Waals surface area contributed by atoms with Crippen LogP contribution in [-0.2, 0) is 5.41 Å². The fraction of sp³-hybridized carbons (Fsp3) is 0.455. The molecule has 0 atom stereocenters. The molecule has 0 aromatic heterocycles. The summed E-state index contributed by atoms with van der Waals surface area (Å²) < 4.78 is 0. The van der Waals surface area contributed by atoms with E-state index in [9.17, 15) is 0 Å². The van der Waals surface area contributed by atoms with Crippen molar-refractivity contribution in [1.29, 1.82) is 0 Å². The van der Waals surface area contributed by atoms with Crippen molar-refractivity contribution >= 4 is 17.1 Å². The molecule has 45 heavy (non-hydrogen) atoms. The van der Waals surface area contributed by atoms with Crippen LogP contribution in [0.15, 0.2) is 103 Å². The predicted octanol–water partition coefficient (Wildman–Crippen LogP) is 13.3. The first kappa shape index (κ1) is 30.3. The van der Waals surface area contributed by atoms with E-state index in [1.54, 1.807) is 0 Å². The molecule has 3 aliphatic carbocycles. The molecule has 7 rings (SSSR count). The third-order valence-corrected chi connectivity index (χ3v) is 11.7. The van der Waals surface area contributed by atoms with Gasteiger partial charge in [0.1, 0.15) is 0 Å². The van der Waals surface area contributed by atoms with E-state index in [4.69, 9.17) is 0 Å². The van der Waals surface area contributed by atoms with Crippen molar-refractivity contribution in [2.45, 2.75) is 126 Å². The lowest BCUT2D eigenvalue weighted by Gasteiger charge is -2.37. The smallest absolute Gasteiger partial charge is 0.0461 e. The van der Waals surface area contributed by atoms with E-state index in [0.717, 1.165) is 11.8 Å². The van der Waals surface area contributed by atoms with Gasteiger partial charge in [-0.1, -0.05) is 137 Å². The van der Waals surface area contributed by atoms with Gasteiger partial charge in [-0.2, -0.15) is 0 Å². The summed E-state index contributed by atoms with van der Waals surface area (Å²) in [5.41, 5.74) is 9.91. The zero-order chi connectivity index (χ0) is 30.3. The second-order valence-corrected chi connectivity index (χ2v) is 14.5. The van der Waals surface area contributed by atoms with Gasteiger partial charge in [0, 0.05) is 22.5 Å². The van der Waals surface area contributed by atoms with E-state index in [1.165, 1.54) is 148 Å². The number of anilines is 3. The van der Waals surface area contributed by atoms with Crippen molar-refractivity contribution in [2.24, 2.45) is 0 Å². The largest absolute Gasteiger partial charge is 0.311 e. The minimum atomic E-state index is 0.105. The van der Waals surface area contributed by atoms with Gasteiger partial charge >= 0.3 is 0 Å². The summed E-state index contributed by atoms with van der Waals surface area (Å²) in [6.45, 7) is 0. The van der Waals surface area contributed by atoms with Gasteiger partial charge in [0.05, 0.1) is 0 Å². The predicted molar refractivity (Wildman–Crippen MR) is 192 cm³/mol. The molecule has 0 saturated heterocycles. The van der Waals surface area contributed by atoms with Gasteiger partial charge in [-0.25, -0.2) is 0 Å². The highest BCUT2D eigenvalue weighted by atomic mass is 15.1. The summed E-state index contributed by atoms with van der Waals surface area (Å²) in [7, 11) is 0. The van der Waals surface area contributed by atoms with E-state index in [1.807, 2.05) is 0 Å². The number of rotatable bonds is 7. The second kappa shape index (κ2) is 14.4. The first-order valence-corrected chi connectivity index (χ1v) is 18.5. The lowest BCUT2D eigenvalue weighted by atomic mass is 9.67. The van der Waals surface area contributed by atoms with Crippen LogP contribution in [0, 0.1) is 0 Å². The SMILES string of the molecule is c1ccc(C2(c3ccc(N(c4ccc(C5CCCCC5)cc4)c4ccc(C5CCCCC5)cc4)cc3)CCCCCCC2)cc1. The van der Waals surface area contributed by atoms with Gasteiger partial charge in [-0.15, -0.1) is 0 Å². The Labute approximate surface area is 273 Å². The van der Waals surface area contributed by atoms with Crippen molar-refractivity contribution in [3.05, 3.63) is 125 Å². The molecule has 0 radical (unpaired) electrons. The second-order valence-electron chi connectivity index (χ2n) is 14.5. The molecule has 3 aliphatic rings. The van der Waals surface area contributed by atoms with Crippen LogP contribution in [0.25, 0.3) is 0 Å². The average molecular weight is 596 g/mol. The Morgan fingerprint density at radius 2 is 0.756 bits per heavy atom. The molecule has 0 spiro atoms. The highest BCUT2D eigenvalue weighted by Crippen LogP contribution is 2.45. The lowest BCUT2D eigenvalue weighted by molar-refractivity contribution is 0.366. The van der Waals surface area contributed by atoms with E-state index in [0.29, 0.717) is 0 Å². The highest BCUT2D eigenvalue weighted by molar-refractivity contribution is 5.77. The van der Waals surface area contributed by atoms with Gasteiger partial charge in [-0.05, 0) is 109 Å². The molecule has 4 aromatic carbocycles. The van der Waals surface area contributed by atoms with Crippen molar-refractivity contribution in [1.82, 2.24) is 0 Å². The molecular formula is C44H53N. The average Bonchev–Trinajstić information content (AvgIpc) is 3.11. The van der Waals surface area contributed by atoms with Gasteiger partial charge in [0.15, 0.2) is 0 Å². The van der Waals surface area contributed by atoms with Crippen molar-refractivity contribution in [2.75, 3.05) is 4.90 Å². The van der Waals surface area contributed by atoms with Crippen molar-refractivity contribution in [3.63, 3.8) is 0 Å². The van der Waals surface area contributed by atoms with Crippen LogP contribution < -0.4 is 4.90 Å². The molecule has 0 bridgehead atoms. The molecule has 0 amide bonds. The van der Waals surface area contributed by atoms with Crippen LogP contribution in [-0.4, -0.2) is 0 Å². The van der Waals surface area contributed by atoms with Gasteiger partial charge < -0.3 is 4.90 Å². The first-order chi connectivity index (χ1) is 22.3. The molecule has 234 valence electrons. The molecule has 1 nitrogen and oxygen atoms in total. The van der Waals surface area contributed by atoms with Gasteiger partial charge in [-0.3, -0.25) is 0 Å². The molecule has 0 N–H and O–H groups in total. The summed E-state index contributed by atoms with van der Waals surface area (Å²) in [6, 6.07) is 40.3. The van der Waals surface area contributed by atoms with Crippen LogP contribution in [0.2, 0.25) is 0 Å². The fourth-order valence-electron chi connectivity index (χ4n) is 9.05. The quantitative estimate of drug-likeness (QED) is 0.205. The maximum Gasteiger partial charge on any atom is 0.0461 e. The van der Waals surface area contributed by atoms with E-state index < -0.39 is 0 Å². The third-order valence-electron chi connectivity index (χ3n) is 11.7. The summed E-state index contributed by atoms with van der Waals surface area (Å²) in [4.78, 5) is 2.49. The molecule has 4 aromatic rings. The Balaban J connectivity index is 1.24. The minimum Gasteiger partial charge on any atom is -0.311 e. The van der Waals surface area contributed by atoms with E-state index in [-0.39, 0.29) is 5.41 Å². The number of hydrogen-bond acceptors (Lipinski definition) is 1. The molecule has 3 fully saturated rings. The van der Waals surface area contributed by atoms with Crippen LogP contribution in [0.5, 0.6) is 0 Å². The van der Waals surface area contributed by atoms with E-state index >= 15 is 0 Å². The highest BCUT2D eigenvalue weighted by Gasteiger charge is 2.34. The summed E-state index contributed by atoms with van der Waals surface area (Å²) >= 11 is 0. The molecule has 0 aliphatic heterocycles. The lowest BCUT2D eigenvalue weighted by Crippen LogP contribution is -2.29. The standard InChI is InChI=1S/C44H53N/c1-2-13-33-44(34-14-3-1,39-19-11-6-12-20-39)40-25-31-43(32-26-40)45(41-27-21-37(22-28-41)35-15-7-4-8-16-35)42-29-23-38(24-30-42)36-17-9-5-10-18-36/h6,11-12,19-32,35-36H,1-5,7-10,13-18,33-34H2. The van der Waals surface area contributed by atoms with Crippen molar-refractivity contribution < 1.29 is 0 Å². The molecule has 0 heterocycles. The van der Waals surface area contributed by atoms with Crippen LogP contribution in [0.3, 0.4) is 0 Å². The maximum absolute atomic E-state index is 2.49. The number of hydrogen-bond donors (Lipinski definition) is 0. The van der Waals surface area contributed by atoms with Crippen LogP contribution in [0.1, 0.15) is 143 Å². The summed E-state index contributed by atoms with van der Waals surface area (Å²) in [5, 5.41) is 0. The van der Waals surface area contributed by atoms with Crippen LogP contribution >= 0.6 is 0 Å². The van der Waals surface area contributed by atoms with Gasteiger partial charge in [0.25, 0.3) is 0 Å². The molecule has 0 unspecified atom stereocenters. The monoisotopic (exact) mass is 595 g/mol.